The number of hydrogen-bond donors (Lipinski definition) is 1. The van der Waals surface area contributed by atoms with Gasteiger partial charge in [-0.3, -0.25) is 4.79 Å². The van der Waals surface area contributed by atoms with E-state index in [1.54, 1.807) is 0 Å². The third-order valence-electron chi connectivity index (χ3n) is 5.87. The highest BCUT2D eigenvalue weighted by Gasteiger charge is 3.10. The van der Waals surface area contributed by atoms with Gasteiger partial charge >= 0.3 is 5.97 Å². The normalized spacial score (nSPS) is 57.7. The molecule has 2 aliphatic carbocycles. The number of carboxylic acid groups (broad SMARTS) is 1. The van der Waals surface area contributed by atoms with Gasteiger partial charge in [-0.2, -0.15) is 0 Å². The van der Waals surface area contributed by atoms with Crippen LogP contribution in [-0.4, -0.2) is 28.4 Å². The van der Waals surface area contributed by atoms with E-state index in [4.69, 9.17) is 14.2 Å². The van der Waals surface area contributed by atoms with E-state index < -0.39 is 28.7 Å². The van der Waals surface area contributed by atoms with Crippen molar-refractivity contribution < 1.29 is 24.1 Å². The Morgan fingerprint density at radius 2 is 1.68 bits per heavy atom. The summed E-state index contributed by atoms with van der Waals surface area (Å²) < 4.78 is 16.8. The second-order valence-electron chi connectivity index (χ2n) is 7.08. The largest absolute Gasteiger partial charge is 0.481 e. The first kappa shape index (κ1) is 11.1. The molecule has 6 rings (SSSR count). The van der Waals surface area contributed by atoms with Crippen molar-refractivity contribution in [1.82, 2.24) is 0 Å². The highest BCUT2D eigenvalue weighted by Crippen LogP contribution is 2.88. The topological polar surface area (TPSA) is 71.6 Å². The van der Waals surface area contributed by atoms with Crippen molar-refractivity contribution in [1.29, 1.82) is 0 Å². The molecule has 0 aromatic rings. The van der Waals surface area contributed by atoms with Crippen molar-refractivity contribution in [2.45, 2.75) is 68.7 Å². The Bertz CT molecular complexity index is 458. The fourth-order valence-corrected chi connectivity index (χ4v) is 4.93. The minimum absolute atomic E-state index is 0.466. The molecule has 2 saturated carbocycles. The highest BCUT2D eigenvalue weighted by atomic mass is 17.1. The maximum absolute atomic E-state index is 11.9. The predicted octanol–water partition coefficient (Wildman–Crippen LogP) is 2.00. The minimum atomic E-state index is -0.698. The van der Waals surface area contributed by atoms with Crippen LogP contribution in [0, 0.1) is 11.3 Å². The van der Waals surface area contributed by atoms with Crippen LogP contribution >= 0.6 is 0 Å². The smallest absolute Gasteiger partial charge is 0.310 e. The lowest BCUT2D eigenvalue weighted by atomic mass is 9.63. The van der Waals surface area contributed by atoms with Crippen LogP contribution in [0.3, 0.4) is 0 Å². The molecule has 6 fully saturated rings. The second kappa shape index (κ2) is 2.85. The number of fused-ring (bicyclic) bond motifs is 2. The van der Waals surface area contributed by atoms with Gasteiger partial charge in [-0.1, -0.05) is 32.1 Å². The summed E-state index contributed by atoms with van der Waals surface area (Å²) in [5.41, 5.74) is -0.698. The van der Waals surface area contributed by atoms with Gasteiger partial charge in [0.25, 0.3) is 5.79 Å². The van der Waals surface area contributed by atoms with Crippen LogP contribution in [0.2, 0.25) is 0 Å². The van der Waals surface area contributed by atoms with Crippen LogP contribution < -0.4 is 0 Å². The van der Waals surface area contributed by atoms with Crippen LogP contribution in [0.5, 0.6) is 0 Å². The molecule has 2 bridgehead atoms. The summed E-state index contributed by atoms with van der Waals surface area (Å²) in [5, 5.41) is 9.75. The van der Waals surface area contributed by atoms with Crippen LogP contribution in [0.15, 0.2) is 0 Å². The zero-order chi connectivity index (χ0) is 12.9. The Hall–Kier alpha value is -0.650. The molecular weight excluding hydrogens is 248 g/mol. The maximum Gasteiger partial charge on any atom is 0.310 e. The van der Waals surface area contributed by atoms with Crippen LogP contribution in [-0.2, 0) is 19.0 Å². The molecule has 4 heterocycles. The molecule has 2 atom stereocenters. The third kappa shape index (κ3) is 1.05. The zero-order valence-electron chi connectivity index (χ0n) is 10.8. The number of carboxylic acids is 1. The van der Waals surface area contributed by atoms with Gasteiger partial charge in [0.15, 0.2) is 0 Å². The maximum atomic E-state index is 11.9. The van der Waals surface area contributed by atoms with Crippen molar-refractivity contribution in [3.63, 3.8) is 0 Å². The van der Waals surface area contributed by atoms with E-state index in [0.29, 0.717) is 18.8 Å². The van der Waals surface area contributed by atoms with Crippen LogP contribution in [0.25, 0.3) is 0 Å². The van der Waals surface area contributed by atoms with Gasteiger partial charge in [0.05, 0.1) is 5.41 Å². The minimum Gasteiger partial charge on any atom is -0.481 e. The van der Waals surface area contributed by atoms with E-state index in [0.717, 1.165) is 6.42 Å². The Labute approximate surface area is 111 Å². The van der Waals surface area contributed by atoms with Crippen molar-refractivity contribution in [3.05, 3.63) is 0 Å². The highest BCUT2D eigenvalue weighted by molar-refractivity contribution is 5.76. The van der Waals surface area contributed by atoms with E-state index in [9.17, 15) is 9.90 Å². The lowest BCUT2D eigenvalue weighted by Gasteiger charge is -2.44. The lowest BCUT2D eigenvalue weighted by Crippen LogP contribution is -2.58. The Balaban J connectivity index is 1.42. The molecule has 4 aliphatic heterocycles. The summed E-state index contributed by atoms with van der Waals surface area (Å²) in [6.45, 7) is 0. The molecule has 3 spiro atoms. The van der Waals surface area contributed by atoms with Gasteiger partial charge in [-0.15, -0.1) is 0 Å². The van der Waals surface area contributed by atoms with Gasteiger partial charge < -0.3 is 19.3 Å². The fourth-order valence-electron chi connectivity index (χ4n) is 4.93. The molecule has 0 amide bonds. The molecule has 0 radical (unpaired) electrons. The number of ether oxygens (including phenoxy) is 3. The first-order valence-corrected chi connectivity index (χ1v) is 7.39. The Morgan fingerprint density at radius 3 is 2.21 bits per heavy atom. The first-order chi connectivity index (χ1) is 9.06. The number of aliphatic carboxylic acids is 1. The van der Waals surface area contributed by atoms with Crippen molar-refractivity contribution >= 4 is 5.97 Å². The van der Waals surface area contributed by atoms with Crippen molar-refractivity contribution in [3.8, 4) is 0 Å². The summed E-state index contributed by atoms with van der Waals surface area (Å²) in [6, 6.07) is 0. The standard InChI is InChI=1S/C14H18O5/c15-10(16)11(6-9-4-2-1-3-5-9)7-12-14(18-12)13(8-11,17-12)19-14/h9H,1-8H2,(H,15,16). The Kier molecular flexibility index (Phi) is 1.66. The molecule has 104 valence electrons. The number of rotatable bonds is 3. The number of carbonyl (C=O) groups is 1. The molecule has 4 saturated heterocycles. The van der Waals surface area contributed by atoms with Gasteiger partial charge in [0.2, 0.25) is 11.6 Å². The van der Waals surface area contributed by atoms with E-state index in [2.05, 4.69) is 0 Å². The van der Waals surface area contributed by atoms with E-state index in [1.807, 2.05) is 0 Å². The van der Waals surface area contributed by atoms with Gasteiger partial charge in [0, 0.05) is 12.8 Å². The van der Waals surface area contributed by atoms with Crippen molar-refractivity contribution in [2.75, 3.05) is 0 Å². The van der Waals surface area contributed by atoms with E-state index >= 15 is 0 Å². The summed E-state index contributed by atoms with van der Waals surface area (Å²) >= 11 is 0. The molecule has 5 nitrogen and oxygen atoms in total. The molecule has 1 N–H and O–H groups in total. The van der Waals surface area contributed by atoms with Crippen LogP contribution in [0.4, 0.5) is 0 Å². The summed E-state index contributed by atoms with van der Waals surface area (Å²) in [4.78, 5) is 11.9. The molecule has 2 unspecified atom stereocenters. The fraction of sp³-hybridized carbons (Fsp3) is 0.929. The summed E-state index contributed by atoms with van der Waals surface area (Å²) in [7, 11) is 0. The molecular formula is C14H18O5. The average molecular weight is 266 g/mol. The number of epoxide rings is 2. The zero-order valence-corrected chi connectivity index (χ0v) is 10.8. The monoisotopic (exact) mass is 266 g/mol. The predicted molar refractivity (Wildman–Crippen MR) is 61.9 cm³/mol. The molecule has 6 aliphatic rings. The van der Waals surface area contributed by atoms with Gasteiger partial charge in [0.1, 0.15) is 0 Å². The molecule has 0 aromatic carbocycles. The second-order valence-corrected chi connectivity index (χ2v) is 7.08. The van der Waals surface area contributed by atoms with Gasteiger partial charge in [-0.05, 0) is 12.3 Å². The van der Waals surface area contributed by atoms with E-state index in [1.165, 1.54) is 32.1 Å². The Morgan fingerprint density at radius 1 is 1.05 bits per heavy atom. The summed E-state index contributed by atoms with van der Waals surface area (Å²) in [6.07, 6.45) is 7.81. The summed E-state index contributed by atoms with van der Waals surface area (Å²) in [5.74, 6) is -2.07. The third-order valence-corrected chi connectivity index (χ3v) is 5.87. The average Bonchev–Trinajstić information content (AvgIpc) is 3.11. The van der Waals surface area contributed by atoms with Crippen molar-refractivity contribution in [2.24, 2.45) is 11.3 Å². The quantitative estimate of drug-likeness (QED) is 0.791. The lowest BCUT2D eigenvalue weighted by molar-refractivity contribution is -0.238. The first-order valence-electron chi connectivity index (χ1n) is 7.39. The van der Waals surface area contributed by atoms with Gasteiger partial charge in [-0.25, -0.2) is 0 Å². The number of hydrogen-bond acceptors (Lipinski definition) is 4. The SMILES string of the molecule is O=C(O)C1(CC2CCCCC2)CC23OC4(C1)OC24O3. The van der Waals surface area contributed by atoms with Crippen LogP contribution in [0.1, 0.15) is 51.4 Å². The molecule has 19 heavy (non-hydrogen) atoms. The molecule has 0 aromatic heterocycles. The van der Waals surface area contributed by atoms with E-state index in [-0.39, 0.29) is 0 Å². The molecule has 5 heteroatoms.